The second kappa shape index (κ2) is 6.27. The van der Waals surface area contributed by atoms with Gasteiger partial charge in [0, 0.05) is 23.3 Å². The quantitative estimate of drug-likeness (QED) is 0.577. The average Bonchev–Trinajstić information content (AvgIpc) is 2.60. The van der Waals surface area contributed by atoms with E-state index in [-0.39, 0.29) is 11.7 Å². The van der Waals surface area contributed by atoms with E-state index in [2.05, 4.69) is 15.5 Å². The number of carbonyl (C=O) groups is 1. The van der Waals surface area contributed by atoms with Crippen LogP contribution in [0, 0.1) is 0 Å². The van der Waals surface area contributed by atoms with Crippen molar-refractivity contribution in [1.29, 1.82) is 0 Å². The van der Waals surface area contributed by atoms with Gasteiger partial charge in [-0.05, 0) is 30.5 Å². The van der Waals surface area contributed by atoms with Crippen LogP contribution in [0.3, 0.4) is 0 Å². The lowest BCUT2D eigenvalue weighted by atomic mass is 10.0. The summed E-state index contributed by atoms with van der Waals surface area (Å²) in [6.45, 7) is 1.73. The number of aromatic hydroxyl groups is 1. The molecule has 0 saturated carbocycles. The smallest absolute Gasteiger partial charge is 0.272 e. The fourth-order valence-electron chi connectivity index (χ4n) is 2.30. The molecule has 3 aromatic rings. The third kappa shape index (κ3) is 3.03. The van der Waals surface area contributed by atoms with Crippen molar-refractivity contribution < 1.29 is 9.90 Å². The van der Waals surface area contributed by atoms with E-state index in [0.29, 0.717) is 16.8 Å². The fourth-order valence-corrected chi connectivity index (χ4v) is 2.30. The Morgan fingerprint density at radius 3 is 2.74 bits per heavy atom. The number of rotatable bonds is 3. The first-order chi connectivity index (χ1) is 11.2. The fraction of sp³-hybridized carbons (Fsp3) is 0.0556. The van der Waals surface area contributed by atoms with Crippen LogP contribution in [-0.2, 0) is 0 Å². The molecular weight excluding hydrogens is 290 g/mol. The number of phenolic OH excluding ortho intramolecular Hbond substituents is 1. The Kier molecular flexibility index (Phi) is 4.01. The summed E-state index contributed by atoms with van der Waals surface area (Å²) >= 11 is 0. The highest BCUT2D eigenvalue weighted by Crippen LogP contribution is 2.28. The SMILES string of the molecule is C/C(=N\NC(=O)c1cccnc1)c1ccc2ccccc2c1O. The lowest BCUT2D eigenvalue weighted by Crippen LogP contribution is -2.19. The van der Waals surface area contributed by atoms with Crippen molar-refractivity contribution >= 4 is 22.4 Å². The van der Waals surface area contributed by atoms with E-state index >= 15 is 0 Å². The van der Waals surface area contributed by atoms with Gasteiger partial charge in [-0.15, -0.1) is 0 Å². The van der Waals surface area contributed by atoms with Gasteiger partial charge in [0.2, 0.25) is 0 Å². The maximum Gasteiger partial charge on any atom is 0.272 e. The number of amides is 1. The van der Waals surface area contributed by atoms with Gasteiger partial charge in [0.25, 0.3) is 5.91 Å². The molecular formula is C18H15N3O2. The van der Waals surface area contributed by atoms with Gasteiger partial charge in [-0.25, -0.2) is 5.43 Å². The number of aromatic nitrogens is 1. The van der Waals surface area contributed by atoms with Gasteiger partial charge in [-0.2, -0.15) is 5.10 Å². The first-order valence-corrected chi connectivity index (χ1v) is 7.12. The molecule has 23 heavy (non-hydrogen) atoms. The number of hydrogen-bond donors (Lipinski definition) is 2. The van der Waals surface area contributed by atoms with Gasteiger partial charge < -0.3 is 5.11 Å². The van der Waals surface area contributed by atoms with E-state index in [9.17, 15) is 9.90 Å². The third-order valence-corrected chi connectivity index (χ3v) is 3.54. The summed E-state index contributed by atoms with van der Waals surface area (Å²) in [4.78, 5) is 15.8. The van der Waals surface area contributed by atoms with Gasteiger partial charge in [0.15, 0.2) is 0 Å². The molecule has 0 atom stereocenters. The summed E-state index contributed by atoms with van der Waals surface area (Å²) in [5.41, 5.74) is 3.99. The Morgan fingerprint density at radius 1 is 1.13 bits per heavy atom. The largest absolute Gasteiger partial charge is 0.507 e. The number of pyridine rings is 1. The Labute approximate surface area is 133 Å². The second-order valence-corrected chi connectivity index (χ2v) is 5.06. The predicted molar refractivity (Wildman–Crippen MR) is 89.5 cm³/mol. The van der Waals surface area contributed by atoms with Crippen LogP contribution >= 0.6 is 0 Å². The molecule has 0 aliphatic rings. The molecule has 3 rings (SSSR count). The van der Waals surface area contributed by atoms with Crippen LogP contribution in [0.1, 0.15) is 22.8 Å². The number of nitrogens with zero attached hydrogens (tertiary/aromatic N) is 2. The first kappa shape index (κ1) is 14.7. The molecule has 2 N–H and O–H groups in total. The molecule has 5 heteroatoms. The molecule has 1 heterocycles. The zero-order valence-electron chi connectivity index (χ0n) is 12.5. The molecule has 5 nitrogen and oxygen atoms in total. The molecule has 1 aromatic heterocycles. The maximum absolute atomic E-state index is 12.0. The Morgan fingerprint density at radius 2 is 1.96 bits per heavy atom. The molecule has 0 fully saturated rings. The van der Waals surface area contributed by atoms with Gasteiger partial charge in [0.1, 0.15) is 5.75 Å². The van der Waals surface area contributed by atoms with Crippen LogP contribution in [0.5, 0.6) is 5.75 Å². The predicted octanol–water partition coefficient (Wildman–Crippen LogP) is 3.09. The van der Waals surface area contributed by atoms with Crippen LogP contribution < -0.4 is 5.43 Å². The summed E-state index contributed by atoms with van der Waals surface area (Å²) in [7, 11) is 0. The van der Waals surface area contributed by atoms with Crippen molar-refractivity contribution in [1.82, 2.24) is 10.4 Å². The zero-order valence-corrected chi connectivity index (χ0v) is 12.5. The minimum Gasteiger partial charge on any atom is -0.507 e. The van der Waals surface area contributed by atoms with Gasteiger partial charge >= 0.3 is 0 Å². The normalized spacial score (nSPS) is 11.4. The van der Waals surface area contributed by atoms with Gasteiger partial charge in [0.05, 0.1) is 11.3 Å². The number of hydrazone groups is 1. The molecule has 0 aliphatic carbocycles. The minimum absolute atomic E-state index is 0.153. The first-order valence-electron chi connectivity index (χ1n) is 7.12. The average molecular weight is 305 g/mol. The molecule has 0 saturated heterocycles. The van der Waals surface area contributed by atoms with Crippen molar-refractivity contribution in [3.63, 3.8) is 0 Å². The lowest BCUT2D eigenvalue weighted by molar-refractivity contribution is 0.0954. The molecule has 0 radical (unpaired) electrons. The van der Waals surface area contributed by atoms with Gasteiger partial charge in [-0.3, -0.25) is 9.78 Å². The van der Waals surface area contributed by atoms with E-state index in [4.69, 9.17) is 0 Å². The molecule has 0 unspecified atom stereocenters. The Bertz CT molecular complexity index is 889. The lowest BCUT2D eigenvalue weighted by Gasteiger charge is -2.08. The summed E-state index contributed by atoms with van der Waals surface area (Å²) in [6, 6.07) is 14.6. The van der Waals surface area contributed by atoms with Crippen molar-refractivity contribution in [3.05, 3.63) is 72.1 Å². The highest BCUT2D eigenvalue weighted by Gasteiger charge is 2.10. The van der Waals surface area contributed by atoms with E-state index < -0.39 is 0 Å². The van der Waals surface area contributed by atoms with Crippen LogP contribution in [0.25, 0.3) is 10.8 Å². The highest BCUT2D eigenvalue weighted by atomic mass is 16.3. The number of carbonyl (C=O) groups excluding carboxylic acids is 1. The number of phenols is 1. The van der Waals surface area contributed by atoms with E-state index in [1.807, 2.05) is 30.3 Å². The topological polar surface area (TPSA) is 74.6 Å². The van der Waals surface area contributed by atoms with Gasteiger partial charge in [-0.1, -0.05) is 30.3 Å². The molecule has 0 bridgehead atoms. The molecule has 1 amide bonds. The van der Waals surface area contributed by atoms with E-state index in [1.54, 1.807) is 31.3 Å². The Hall–Kier alpha value is -3.21. The Balaban J connectivity index is 1.87. The molecule has 2 aromatic carbocycles. The van der Waals surface area contributed by atoms with Crippen LogP contribution in [-0.4, -0.2) is 21.7 Å². The second-order valence-electron chi connectivity index (χ2n) is 5.06. The zero-order chi connectivity index (χ0) is 16.2. The van der Waals surface area contributed by atoms with E-state index in [1.165, 1.54) is 6.20 Å². The van der Waals surface area contributed by atoms with Crippen LogP contribution in [0.15, 0.2) is 66.0 Å². The van der Waals surface area contributed by atoms with Crippen molar-refractivity contribution in [2.75, 3.05) is 0 Å². The maximum atomic E-state index is 12.0. The number of nitrogens with one attached hydrogen (secondary N) is 1. The third-order valence-electron chi connectivity index (χ3n) is 3.54. The molecule has 0 spiro atoms. The number of benzene rings is 2. The van der Waals surface area contributed by atoms with Crippen LogP contribution in [0.4, 0.5) is 0 Å². The van der Waals surface area contributed by atoms with Crippen LogP contribution in [0.2, 0.25) is 0 Å². The number of hydrogen-bond acceptors (Lipinski definition) is 4. The summed E-state index contributed by atoms with van der Waals surface area (Å²) in [6.07, 6.45) is 3.06. The summed E-state index contributed by atoms with van der Waals surface area (Å²) in [5, 5.41) is 16.2. The minimum atomic E-state index is -0.349. The van der Waals surface area contributed by atoms with Crippen molar-refractivity contribution in [2.24, 2.45) is 5.10 Å². The number of fused-ring (bicyclic) bond motifs is 1. The monoisotopic (exact) mass is 305 g/mol. The highest BCUT2D eigenvalue weighted by molar-refractivity contribution is 6.07. The summed E-state index contributed by atoms with van der Waals surface area (Å²) in [5.74, 6) is -0.197. The van der Waals surface area contributed by atoms with Crippen molar-refractivity contribution in [2.45, 2.75) is 6.92 Å². The standard InChI is InChI=1S/C18H15N3O2/c1-12(20-21-18(23)14-6-4-10-19-11-14)15-9-8-13-5-2-3-7-16(13)17(15)22/h2-11,22H,1H3,(H,21,23)/b20-12+. The summed E-state index contributed by atoms with van der Waals surface area (Å²) < 4.78 is 0. The van der Waals surface area contributed by atoms with E-state index in [0.717, 1.165) is 10.8 Å². The molecule has 114 valence electrons. The van der Waals surface area contributed by atoms with Crippen molar-refractivity contribution in [3.8, 4) is 5.75 Å². The molecule has 0 aliphatic heterocycles.